The third-order valence-electron chi connectivity index (χ3n) is 3.11. The van der Waals surface area contributed by atoms with Crippen molar-refractivity contribution in [3.8, 4) is 0 Å². The van der Waals surface area contributed by atoms with E-state index in [9.17, 15) is 8.42 Å². The first kappa shape index (κ1) is 15.3. The summed E-state index contributed by atoms with van der Waals surface area (Å²) < 4.78 is 34.6. The molecule has 1 N–H and O–H groups in total. The Morgan fingerprint density at radius 2 is 2.00 bits per heavy atom. The second-order valence-electron chi connectivity index (χ2n) is 4.79. The smallest absolute Gasteiger partial charge is 0.178 e. The van der Waals surface area contributed by atoms with Crippen molar-refractivity contribution in [2.24, 2.45) is 0 Å². The van der Waals surface area contributed by atoms with E-state index in [0.717, 1.165) is 5.69 Å². The van der Waals surface area contributed by atoms with E-state index >= 15 is 0 Å². The Morgan fingerprint density at radius 1 is 1.25 bits per heavy atom. The summed E-state index contributed by atoms with van der Waals surface area (Å²) >= 11 is 0. The average Bonchev–Trinajstić information content (AvgIpc) is 2.47. The van der Waals surface area contributed by atoms with Crippen molar-refractivity contribution in [1.82, 2.24) is 0 Å². The fourth-order valence-electron chi connectivity index (χ4n) is 2.05. The summed E-state index contributed by atoms with van der Waals surface area (Å²) in [4.78, 5) is 0.377. The minimum Gasteiger partial charge on any atom is -0.382 e. The molecule has 1 unspecified atom stereocenters. The maximum absolute atomic E-state index is 11.9. The highest BCUT2D eigenvalue weighted by atomic mass is 32.2. The van der Waals surface area contributed by atoms with Crippen molar-refractivity contribution in [2.45, 2.75) is 24.3 Å². The largest absolute Gasteiger partial charge is 0.382 e. The molecule has 1 saturated heterocycles. The van der Waals surface area contributed by atoms with Gasteiger partial charge < -0.3 is 14.8 Å². The van der Waals surface area contributed by atoms with Crippen molar-refractivity contribution >= 4 is 15.5 Å². The van der Waals surface area contributed by atoms with Crippen LogP contribution in [0.25, 0.3) is 0 Å². The molecular weight excluding hydrogens is 278 g/mol. The number of anilines is 1. The van der Waals surface area contributed by atoms with Gasteiger partial charge in [-0.15, -0.1) is 0 Å². The van der Waals surface area contributed by atoms with Crippen molar-refractivity contribution < 1.29 is 17.9 Å². The first-order valence-electron chi connectivity index (χ1n) is 6.88. The SMILES string of the molecule is CCCS(=O)(=O)c1ccc(NCC2COCCO2)cc1. The second-order valence-corrected chi connectivity index (χ2v) is 6.90. The molecule has 0 spiro atoms. The molecule has 0 bridgehead atoms. The topological polar surface area (TPSA) is 64.6 Å². The van der Waals surface area contributed by atoms with Crippen LogP contribution in [0.4, 0.5) is 5.69 Å². The molecule has 1 aromatic rings. The average molecular weight is 299 g/mol. The second kappa shape index (κ2) is 7.06. The van der Waals surface area contributed by atoms with Crippen LogP contribution < -0.4 is 5.32 Å². The highest BCUT2D eigenvalue weighted by Crippen LogP contribution is 2.16. The van der Waals surface area contributed by atoms with Gasteiger partial charge in [0.2, 0.25) is 0 Å². The molecule has 6 heteroatoms. The van der Waals surface area contributed by atoms with Gasteiger partial charge in [-0.3, -0.25) is 0 Å². The van der Waals surface area contributed by atoms with Crippen LogP contribution in [-0.4, -0.2) is 46.6 Å². The van der Waals surface area contributed by atoms with Crippen LogP contribution in [0.3, 0.4) is 0 Å². The minimum atomic E-state index is -3.13. The van der Waals surface area contributed by atoms with E-state index in [-0.39, 0.29) is 11.9 Å². The molecule has 1 aliphatic heterocycles. The predicted molar refractivity (Wildman–Crippen MR) is 77.8 cm³/mol. The molecule has 0 saturated carbocycles. The number of sulfone groups is 1. The normalized spacial score (nSPS) is 19.8. The summed E-state index contributed by atoms with van der Waals surface area (Å²) in [7, 11) is -3.13. The lowest BCUT2D eigenvalue weighted by molar-refractivity contribution is -0.0818. The van der Waals surface area contributed by atoms with E-state index in [1.165, 1.54) is 0 Å². The van der Waals surface area contributed by atoms with Crippen LogP contribution in [0.2, 0.25) is 0 Å². The first-order valence-corrected chi connectivity index (χ1v) is 8.53. The van der Waals surface area contributed by atoms with Gasteiger partial charge in [0, 0.05) is 12.2 Å². The Bertz CT molecular complexity index is 506. The summed E-state index contributed by atoms with van der Waals surface area (Å²) in [6, 6.07) is 6.86. The molecule has 5 nitrogen and oxygen atoms in total. The Balaban J connectivity index is 1.91. The molecule has 0 aromatic heterocycles. The third-order valence-corrected chi connectivity index (χ3v) is 5.04. The Morgan fingerprint density at radius 3 is 2.60 bits per heavy atom. The van der Waals surface area contributed by atoms with Gasteiger partial charge in [-0.05, 0) is 30.7 Å². The Labute approximate surface area is 120 Å². The highest BCUT2D eigenvalue weighted by molar-refractivity contribution is 7.91. The third kappa shape index (κ3) is 4.19. The zero-order valence-electron chi connectivity index (χ0n) is 11.7. The van der Waals surface area contributed by atoms with Crippen LogP contribution in [0.15, 0.2) is 29.2 Å². The first-order chi connectivity index (χ1) is 9.62. The van der Waals surface area contributed by atoms with Gasteiger partial charge in [-0.2, -0.15) is 0 Å². The maximum Gasteiger partial charge on any atom is 0.178 e. The number of ether oxygens (including phenoxy) is 2. The number of nitrogens with one attached hydrogen (secondary N) is 1. The maximum atomic E-state index is 11.9. The molecule has 0 amide bonds. The molecular formula is C14H21NO4S. The summed E-state index contributed by atoms with van der Waals surface area (Å²) in [6.07, 6.45) is 0.675. The molecule has 20 heavy (non-hydrogen) atoms. The molecule has 2 rings (SSSR count). The summed E-state index contributed by atoms with van der Waals surface area (Å²) in [5.74, 6) is 0.188. The van der Waals surface area contributed by atoms with Crippen molar-refractivity contribution in [3.05, 3.63) is 24.3 Å². The standard InChI is InChI=1S/C14H21NO4S/c1-2-9-20(16,17)14-5-3-12(4-6-14)15-10-13-11-18-7-8-19-13/h3-6,13,15H,2,7-11H2,1H3. The van der Waals surface area contributed by atoms with Crippen molar-refractivity contribution in [3.63, 3.8) is 0 Å². The number of rotatable bonds is 6. The van der Waals surface area contributed by atoms with Crippen molar-refractivity contribution in [2.75, 3.05) is 37.4 Å². The van der Waals surface area contributed by atoms with E-state index in [0.29, 0.717) is 37.7 Å². The summed E-state index contributed by atoms with van der Waals surface area (Å²) in [5.41, 5.74) is 0.884. The lowest BCUT2D eigenvalue weighted by atomic mass is 10.3. The summed E-state index contributed by atoms with van der Waals surface area (Å²) in [5, 5.41) is 3.23. The minimum absolute atomic E-state index is 0.0484. The Hall–Kier alpha value is -1.11. The van der Waals surface area contributed by atoms with Gasteiger partial charge in [0.05, 0.1) is 36.6 Å². The van der Waals surface area contributed by atoms with E-state index in [4.69, 9.17) is 9.47 Å². The molecule has 112 valence electrons. The van der Waals surface area contributed by atoms with Crippen molar-refractivity contribution in [1.29, 1.82) is 0 Å². The van der Waals surface area contributed by atoms with Crippen LogP contribution in [0.1, 0.15) is 13.3 Å². The van der Waals surface area contributed by atoms with Crippen LogP contribution >= 0.6 is 0 Å². The molecule has 1 atom stereocenters. The lowest BCUT2D eigenvalue weighted by Crippen LogP contribution is -2.34. The van der Waals surface area contributed by atoms with Gasteiger partial charge in [-0.1, -0.05) is 6.92 Å². The fraction of sp³-hybridized carbons (Fsp3) is 0.571. The van der Waals surface area contributed by atoms with Gasteiger partial charge in [-0.25, -0.2) is 8.42 Å². The number of hydrogen-bond donors (Lipinski definition) is 1. The van der Waals surface area contributed by atoms with E-state index in [1.807, 2.05) is 6.92 Å². The van der Waals surface area contributed by atoms with Gasteiger partial charge >= 0.3 is 0 Å². The molecule has 1 fully saturated rings. The lowest BCUT2D eigenvalue weighted by Gasteiger charge is -2.23. The molecule has 1 aromatic carbocycles. The van der Waals surface area contributed by atoms with Gasteiger partial charge in [0.25, 0.3) is 0 Å². The molecule has 1 heterocycles. The quantitative estimate of drug-likeness (QED) is 0.866. The monoisotopic (exact) mass is 299 g/mol. The zero-order chi connectivity index (χ0) is 14.4. The van der Waals surface area contributed by atoms with E-state index in [1.54, 1.807) is 24.3 Å². The van der Waals surface area contributed by atoms with Gasteiger partial charge in [0.1, 0.15) is 0 Å². The fourth-order valence-corrected chi connectivity index (χ4v) is 3.38. The van der Waals surface area contributed by atoms with Crippen LogP contribution in [0.5, 0.6) is 0 Å². The number of hydrogen-bond acceptors (Lipinski definition) is 5. The van der Waals surface area contributed by atoms with Crippen LogP contribution in [-0.2, 0) is 19.3 Å². The molecule has 0 radical (unpaired) electrons. The van der Waals surface area contributed by atoms with Gasteiger partial charge in [0.15, 0.2) is 9.84 Å². The van der Waals surface area contributed by atoms with E-state index < -0.39 is 9.84 Å². The summed E-state index contributed by atoms with van der Waals surface area (Å²) in [6.45, 7) is 4.39. The zero-order valence-corrected chi connectivity index (χ0v) is 12.5. The molecule has 1 aliphatic rings. The van der Waals surface area contributed by atoms with Crippen LogP contribution in [0, 0.1) is 0 Å². The number of benzene rings is 1. The molecule has 0 aliphatic carbocycles. The predicted octanol–water partition coefficient (Wildman–Crippen LogP) is 1.70. The van der Waals surface area contributed by atoms with E-state index in [2.05, 4.69) is 5.32 Å². The highest BCUT2D eigenvalue weighted by Gasteiger charge is 2.15. The Kier molecular flexibility index (Phi) is 5.39.